The van der Waals surface area contributed by atoms with E-state index in [1.54, 1.807) is 0 Å². The first-order valence-electron chi connectivity index (χ1n) is 20.5. The third-order valence-corrected chi connectivity index (χ3v) is 10.0. The van der Waals surface area contributed by atoms with E-state index in [-0.39, 0.29) is 11.9 Å². The van der Waals surface area contributed by atoms with Crippen molar-refractivity contribution < 1.29 is 19.3 Å². The highest BCUT2D eigenvalue weighted by molar-refractivity contribution is 5.54. The van der Waals surface area contributed by atoms with Gasteiger partial charge in [0.1, 0.15) is 24.1 Å². The van der Waals surface area contributed by atoms with Crippen LogP contribution < -0.4 is 0 Å². The molecule has 0 aliphatic heterocycles. The smallest absolute Gasteiger partial charge is 0.122 e. The first kappa shape index (κ1) is 41.3. The van der Waals surface area contributed by atoms with Crippen LogP contribution in [0.1, 0.15) is 169 Å². The van der Waals surface area contributed by atoms with Gasteiger partial charge < -0.3 is 19.3 Å². The summed E-state index contributed by atoms with van der Waals surface area (Å²) in [4.78, 5) is 0. The van der Waals surface area contributed by atoms with E-state index in [0.717, 1.165) is 71.9 Å². The average molecular weight is 707 g/mol. The van der Waals surface area contributed by atoms with Gasteiger partial charge in [0.05, 0.1) is 0 Å². The predicted octanol–water partition coefficient (Wildman–Crippen LogP) is 13.6. The molecule has 0 fully saturated rings. The van der Waals surface area contributed by atoms with E-state index in [9.17, 15) is 5.11 Å². The lowest BCUT2D eigenvalue weighted by Crippen LogP contribution is -2.20. The van der Waals surface area contributed by atoms with Gasteiger partial charge >= 0.3 is 0 Å². The van der Waals surface area contributed by atoms with Crippen LogP contribution in [0.4, 0.5) is 0 Å². The van der Waals surface area contributed by atoms with Crippen LogP contribution >= 0.6 is 0 Å². The van der Waals surface area contributed by atoms with Crippen LogP contribution in [0.2, 0.25) is 0 Å². The van der Waals surface area contributed by atoms with Crippen LogP contribution in [-0.2, 0) is 14.2 Å². The molecule has 0 aliphatic carbocycles. The lowest BCUT2D eigenvalue weighted by Gasteiger charge is -2.32. The van der Waals surface area contributed by atoms with E-state index >= 15 is 0 Å². The van der Waals surface area contributed by atoms with Gasteiger partial charge in [-0.2, -0.15) is 0 Å². The zero-order valence-corrected chi connectivity index (χ0v) is 32.4. The van der Waals surface area contributed by atoms with E-state index in [1.165, 1.54) is 57.8 Å². The van der Waals surface area contributed by atoms with Crippen LogP contribution in [0.3, 0.4) is 0 Å². The topological polar surface area (TPSA) is 47.9 Å². The zero-order chi connectivity index (χ0) is 36.6. The number of phenolic OH excluding ortho intramolecular Hbond substituents is 1. The maximum Gasteiger partial charge on any atom is 0.122 e. The Kier molecular flexibility index (Phi) is 19.7. The minimum absolute atomic E-state index is 0.220. The number of ether oxygens (including phenoxy) is 3. The Balaban J connectivity index is 1.87. The highest BCUT2D eigenvalue weighted by Gasteiger charge is 2.33. The largest absolute Gasteiger partial charge is 0.508 e. The molecule has 0 saturated carbocycles. The fourth-order valence-electron chi connectivity index (χ4n) is 7.10. The Morgan fingerprint density at radius 3 is 1.13 bits per heavy atom. The summed E-state index contributed by atoms with van der Waals surface area (Å²) in [7, 11) is 0. The van der Waals surface area contributed by atoms with Gasteiger partial charge in [-0.1, -0.05) is 195 Å². The van der Waals surface area contributed by atoms with Gasteiger partial charge in [0.25, 0.3) is 0 Å². The number of unbranched alkanes of at least 4 members (excludes halogenated alkanes) is 12. The molecule has 0 bridgehead atoms. The van der Waals surface area contributed by atoms with E-state index in [4.69, 9.17) is 14.2 Å². The molecule has 3 unspecified atom stereocenters. The van der Waals surface area contributed by atoms with Crippen molar-refractivity contribution >= 4 is 0 Å². The van der Waals surface area contributed by atoms with E-state index in [0.29, 0.717) is 19.8 Å². The third-order valence-electron chi connectivity index (χ3n) is 10.0. The summed E-state index contributed by atoms with van der Waals surface area (Å²) in [6.45, 7) is 8.64. The maximum absolute atomic E-state index is 12.1. The lowest BCUT2D eigenvalue weighted by atomic mass is 9.84. The summed E-state index contributed by atoms with van der Waals surface area (Å²) >= 11 is 0. The Morgan fingerprint density at radius 2 is 0.731 bits per heavy atom. The van der Waals surface area contributed by atoms with Crippen LogP contribution in [-0.4, -0.2) is 24.9 Å². The Labute approximate surface area is 315 Å². The van der Waals surface area contributed by atoms with E-state index < -0.39 is 12.2 Å². The zero-order valence-electron chi connectivity index (χ0n) is 32.4. The van der Waals surface area contributed by atoms with Crippen molar-refractivity contribution in [1.29, 1.82) is 0 Å². The molecule has 3 atom stereocenters. The van der Waals surface area contributed by atoms with Gasteiger partial charge in [-0.15, -0.1) is 0 Å². The predicted molar refractivity (Wildman–Crippen MR) is 217 cm³/mol. The maximum atomic E-state index is 12.1. The standard InChI is InChI=1S/C48H66O4/c1-4-7-10-13-25-36-50-46(39-28-19-16-20-29-39)42-34-35-43(49)45(48(41-32-23-18-24-33-41)52-38-27-15-12-9-6-3)44(42)47(40-30-21-17-22-31-40)51-37-26-14-11-8-5-2/h16-24,28-35,46-49H,4-15,25-27,36-38H2,1-3H3. The first-order valence-corrected chi connectivity index (χ1v) is 20.5. The van der Waals surface area contributed by atoms with Crippen molar-refractivity contribution in [2.45, 2.75) is 135 Å². The molecule has 0 spiro atoms. The van der Waals surface area contributed by atoms with Gasteiger partial charge in [0, 0.05) is 30.9 Å². The Morgan fingerprint density at radius 1 is 0.385 bits per heavy atom. The molecule has 0 saturated heterocycles. The van der Waals surface area contributed by atoms with Crippen molar-refractivity contribution in [2.24, 2.45) is 0 Å². The molecule has 282 valence electrons. The Bertz CT molecular complexity index is 1470. The van der Waals surface area contributed by atoms with Gasteiger partial charge in [0.2, 0.25) is 0 Å². The van der Waals surface area contributed by atoms with E-state index in [1.807, 2.05) is 12.1 Å². The summed E-state index contributed by atoms with van der Waals surface area (Å²) in [5.41, 5.74) is 5.89. The molecule has 4 rings (SSSR count). The summed E-state index contributed by atoms with van der Waals surface area (Å²) in [5, 5.41) is 12.1. The molecular weight excluding hydrogens is 641 g/mol. The minimum atomic E-state index is -0.479. The van der Waals surface area contributed by atoms with E-state index in [2.05, 4.69) is 112 Å². The molecule has 1 N–H and O–H groups in total. The molecule has 0 radical (unpaired) electrons. The van der Waals surface area contributed by atoms with Gasteiger partial charge in [0.15, 0.2) is 0 Å². The highest BCUT2D eigenvalue weighted by Crippen LogP contribution is 2.46. The molecule has 4 nitrogen and oxygen atoms in total. The molecule has 0 aromatic heterocycles. The van der Waals surface area contributed by atoms with Gasteiger partial charge in [-0.05, 0) is 47.6 Å². The van der Waals surface area contributed by atoms with Crippen molar-refractivity contribution in [1.82, 2.24) is 0 Å². The van der Waals surface area contributed by atoms with Crippen molar-refractivity contribution in [3.05, 3.63) is 137 Å². The number of hydrogen-bond acceptors (Lipinski definition) is 4. The molecule has 52 heavy (non-hydrogen) atoms. The van der Waals surface area contributed by atoms with Gasteiger partial charge in [-0.3, -0.25) is 0 Å². The summed E-state index contributed by atoms with van der Waals surface area (Å²) in [6, 6.07) is 35.4. The fourth-order valence-corrected chi connectivity index (χ4v) is 7.10. The molecule has 4 aromatic rings. The molecule has 0 heterocycles. The molecular formula is C48H66O4. The van der Waals surface area contributed by atoms with Crippen molar-refractivity contribution in [3.8, 4) is 5.75 Å². The second kappa shape index (κ2) is 24.7. The number of rotatable bonds is 27. The number of benzene rings is 4. The van der Waals surface area contributed by atoms with Crippen LogP contribution in [0.15, 0.2) is 103 Å². The monoisotopic (exact) mass is 706 g/mol. The first-order chi connectivity index (χ1) is 25.7. The molecule has 4 heteroatoms. The van der Waals surface area contributed by atoms with Crippen LogP contribution in [0, 0.1) is 0 Å². The summed E-state index contributed by atoms with van der Waals surface area (Å²) in [6.07, 6.45) is 16.1. The average Bonchev–Trinajstić information content (AvgIpc) is 3.19. The van der Waals surface area contributed by atoms with Crippen LogP contribution in [0.5, 0.6) is 5.75 Å². The fraction of sp³-hybridized carbons (Fsp3) is 0.500. The number of phenols is 1. The number of aromatic hydroxyl groups is 1. The SMILES string of the molecule is CCCCCCCOC(c1ccccc1)c1ccc(O)c(C(OCCCCCCC)c2ccccc2)c1C(OCCCCCCC)c1ccccc1. The molecule has 4 aromatic carbocycles. The third kappa shape index (κ3) is 13.2. The lowest BCUT2D eigenvalue weighted by molar-refractivity contribution is 0.0522. The highest BCUT2D eigenvalue weighted by atomic mass is 16.5. The van der Waals surface area contributed by atoms with Crippen LogP contribution in [0.25, 0.3) is 0 Å². The van der Waals surface area contributed by atoms with Crippen molar-refractivity contribution in [3.63, 3.8) is 0 Å². The van der Waals surface area contributed by atoms with Gasteiger partial charge in [-0.25, -0.2) is 0 Å². The molecule has 0 aliphatic rings. The Hall–Kier alpha value is -3.44. The summed E-state index contributed by atoms with van der Waals surface area (Å²) in [5.74, 6) is 0.220. The minimum Gasteiger partial charge on any atom is -0.508 e. The second-order valence-electron chi connectivity index (χ2n) is 14.2. The summed E-state index contributed by atoms with van der Waals surface area (Å²) < 4.78 is 20.8. The normalized spacial score (nSPS) is 13.2. The van der Waals surface area contributed by atoms with Crippen molar-refractivity contribution in [2.75, 3.05) is 19.8 Å². The molecule has 0 amide bonds. The number of hydrogen-bond donors (Lipinski definition) is 1. The quantitative estimate of drug-likeness (QED) is 0.0627. The second-order valence-corrected chi connectivity index (χ2v) is 14.2.